The first-order valence-corrected chi connectivity index (χ1v) is 6.82. The number of furan rings is 1. The van der Waals surface area contributed by atoms with E-state index in [0.29, 0.717) is 31.9 Å². The Morgan fingerprint density at radius 1 is 1.45 bits per heavy atom. The van der Waals surface area contributed by atoms with Gasteiger partial charge in [0, 0.05) is 32.7 Å². The van der Waals surface area contributed by atoms with Gasteiger partial charge in [0.05, 0.1) is 12.9 Å². The fraction of sp³-hybridized carbons (Fsp3) is 0.571. The first-order chi connectivity index (χ1) is 9.70. The highest BCUT2D eigenvalue weighted by molar-refractivity contribution is 5.91. The van der Waals surface area contributed by atoms with Crippen LogP contribution in [0.1, 0.15) is 29.8 Å². The fourth-order valence-electron chi connectivity index (χ4n) is 2.28. The highest BCUT2D eigenvalue weighted by atomic mass is 16.5. The maximum Gasteiger partial charge on any atom is 0.289 e. The zero-order valence-corrected chi connectivity index (χ0v) is 11.6. The minimum absolute atomic E-state index is 0.00246. The van der Waals surface area contributed by atoms with Gasteiger partial charge < -0.3 is 19.4 Å². The third-order valence-electron chi connectivity index (χ3n) is 3.41. The minimum atomic E-state index is -0.0841. The van der Waals surface area contributed by atoms with Gasteiger partial charge in [-0.3, -0.25) is 9.59 Å². The SMILES string of the molecule is COCCC(=O)NC1CCN(C(=O)c2ccco2)CC1. The molecule has 0 saturated carbocycles. The molecule has 0 aromatic carbocycles. The molecular formula is C14H20N2O4. The molecule has 6 heteroatoms. The lowest BCUT2D eigenvalue weighted by Crippen LogP contribution is -2.46. The number of likely N-dealkylation sites (tertiary alicyclic amines) is 1. The highest BCUT2D eigenvalue weighted by Crippen LogP contribution is 2.14. The van der Waals surface area contributed by atoms with E-state index >= 15 is 0 Å². The summed E-state index contributed by atoms with van der Waals surface area (Å²) in [6, 6.07) is 3.51. The van der Waals surface area contributed by atoms with Crippen molar-refractivity contribution in [1.82, 2.24) is 10.2 Å². The van der Waals surface area contributed by atoms with Crippen LogP contribution in [-0.4, -0.2) is 49.6 Å². The van der Waals surface area contributed by atoms with Crippen molar-refractivity contribution in [2.75, 3.05) is 26.8 Å². The summed E-state index contributed by atoms with van der Waals surface area (Å²) in [4.78, 5) is 25.4. The first kappa shape index (κ1) is 14.6. The molecule has 20 heavy (non-hydrogen) atoms. The zero-order valence-electron chi connectivity index (χ0n) is 11.6. The van der Waals surface area contributed by atoms with E-state index in [9.17, 15) is 9.59 Å². The average Bonchev–Trinajstić information content (AvgIpc) is 2.99. The van der Waals surface area contributed by atoms with Crippen LogP contribution < -0.4 is 5.32 Å². The molecule has 110 valence electrons. The molecule has 1 aliphatic heterocycles. The molecule has 0 spiro atoms. The molecule has 1 aromatic rings. The smallest absolute Gasteiger partial charge is 0.289 e. The summed E-state index contributed by atoms with van der Waals surface area (Å²) in [5.41, 5.74) is 0. The molecule has 2 heterocycles. The molecule has 1 N–H and O–H groups in total. The molecule has 6 nitrogen and oxygen atoms in total. The summed E-state index contributed by atoms with van der Waals surface area (Å²) in [5, 5.41) is 2.97. The zero-order chi connectivity index (χ0) is 14.4. The Balaban J connectivity index is 1.75. The summed E-state index contributed by atoms with van der Waals surface area (Å²) in [6.45, 7) is 1.70. The molecule has 2 amide bonds. The molecule has 2 rings (SSSR count). The van der Waals surface area contributed by atoms with Crippen LogP contribution in [-0.2, 0) is 9.53 Å². The first-order valence-electron chi connectivity index (χ1n) is 6.82. The van der Waals surface area contributed by atoms with E-state index in [1.165, 1.54) is 6.26 Å². The fourth-order valence-corrected chi connectivity index (χ4v) is 2.28. The Morgan fingerprint density at radius 2 is 2.20 bits per heavy atom. The average molecular weight is 280 g/mol. The number of rotatable bonds is 5. The second-order valence-corrected chi connectivity index (χ2v) is 4.85. The number of piperidine rings is 1. The maximum absolute atomic E-state index is 12.1. The quantitative estimate of drug-likeness (QED) is 0.874. The van der Waals surface area contributed by atoms with Gasteiger partial charge in [0.15, 0.2) is 5.76 Å². The van der Waals surface area contributed by atoms with Crippen LogP contribution in [0.2, 0.25) is 0 Å². The third-order valence-corrected chi connectivity index (χ3v) is 3.41. The number of hydrogen-bond acceptors (Lipinski definition) is 4. The minimum Gasteiger partial charge on any atom is -0.459 e. The number of amides is 2. The molecule has 0 unspecified atom stereocenters. The molecule has 0 atom stereocenters. The van der Waals surface area contributed by atoms with Crippen LogP contribution in [0.15, 0.2) is 22.8 Å². The number of hydrogen-bond donors (Lipinski definition) is 1. The number of ether oxygens (including phenoxy) is 1. The predicted octanol–water partition coefficient (Wildman–Crippen LogP) is 1.04. The van der Waals surface area contributed by atoms with Crippen molar-refractivity contribution < 1.29 is 18.7 Å². The Labute approximate surface area is 118 Å². The van der Waals surface area contributed by atoms with E-state index in [1.807, 2.05) is 0 Å². The summed E-state index contributed by atoms with van der Waals surface area (Å²) in [5.74, 6) is 0.286. The monoisotopic (exact) mass is 280 g/mol. The molecule has 1 aliphatic rings. The topological polar surface area (TPSA) is 71.8 Å². The van der Waals surface area contributed by atoms with E-state index in [1.54, 1.807) is 24.1 Å². The molecular weight excluding hydrogens is 260 g/mol. The van der Waals surface area contributed by atoms with Gasteiger partial charge in [0.25, 0.3) is 5.91 Å². The van der Waals surface area contributed by atoms with Gasteiger partial charge in [0.1, 0.15) is 0 Å². The van der Waals surface area contributed by atoms with Crippen molar-refractivity contribution in [3.63, 3.8) is 0 Å². The van der Waals surface area contributed by atoms with Crippen molar-refractivity contribution in [2.45, 2.75) is 25.3 Å². The van der Waals surface area contributed by atoms with Gasteiger partial charge in [-0.15, -0.1) is 0 Å². The van der Waals surface area contributed by atoms with Crippen molar-refractivity contribution in [2.24, 2.45) is 0 Å². The highest BCUT2D eigenvalue weighted by Gasteiger charge is 2.25. The third kappa shape index (κ3) is 3.84. The Bertz CT molecular complexity index is 436. The lowest BCUT2D eigenvalue weighted by Gasteiger charge is -2.31. The standard InChI is InChI=1S/C14H20N2O4/c1-19-10-6-13(17)15-11-4-7-16(8-5-11)14(18)12-3-2-9-20-12/h2-3,9,11H,4-8,10H2,1H3,(H,15,17). The number of methoxy groups -OCH3 is 1. The van der Waals surface area contributed by atoms with Crippen LogP contribution in [0.4, 0.5) is 0 Å². The molecule has 1 aromatic heterocycles. The van der Waals surface area contributed by atoms with Crippen LogP contribution in [0, 0.1) is 0 Å². The molecule has 0 aliphatic carbocycles. The van der Waals surface area contributed by atoms with E-state index in [4.69, 9.17) is 9.15 Å². The largest absolute Gasteiger partial charge is 0.459 e. The lowest BCUT2D eigenvalue weighted by molar-refractivity contribution is -0.122. The van der Waals surface area contributed by atoms with Gasteiger partial charge in [-0.05, 0) is 25.0 Å². The summed E-state index contributed by atoms with van der Waals surface area (Å²) in [6.07, 6.45) is 3.41. The van der Waals surface area contributed by atoms with E-state index in [2.05, 4.69) is 5.32 Å². The van der Waals surface area contributed by atoms with Gasteiger partial charge in [-0.1, -0.05) is 0 Å². The van der Waals surface area contributed by atoms with Gasteiger partial charge >= 0.3 is 0 Å². The van der Waals surface area contributed by atoms with Crippen LogP contribution >= 0.6 is 0 Å². The van der Waals surface area contributed by atoms with Crippen molar-refractivity contribution in [1.29, 1.82) is 0 Å². The van der Waals surface area contributed by atoms with Crippen molar-refractivity contribution >= 4 is 11.8 Å². The summed E-state index contributed by atoms with van der Waals surface area (Å²) >= 11 is 0. The van der Waals surface area contributed by atoms with Crippen LogP contribution in [0.25, 0.3) is 0 Å². The van der Waals surface area contributed by atoms with Crippen molar-refractivity contribution in [3.8, 4) is 0 Å². The predicted molar refractivity (Wildman–Crippen MR) is 72.3 cm³/mol. The lowest BCUT2D eigenvalue weighted by atomic mass is 10.0. The number of carbonyl (C=O) groups is 2. The van der Waals surface area contributed by atoms with Gasteiger partial charge in [-0.25, -0.2) is 0 Å². The van der Waals surface area contributed by atoms with Gasteiger partial charge in [-0.2, -0.15) is 0 Å². The Hall–Kier alpha value is -1.82. The number of nitrogens with one attached hydrogen (secondary N) is 1. The Kier molecular flexibility index (Phi) is 5.17. The van der Waals surface area contributed by atoms with E-state index < -0.39 is 0 Å². The molecule has 1 fully saturated rings. The van der Waals surface area contributed by atoms with Gasteiger partial charge in [0.2, 0.25) is 5.91 Å². The molecule has 0 radical (unpaired) electrons. The second-order valence-electron chi connectivity index (χ2n) is 4.85. The number of carbonyl (C=O) groups excluding carboxylic acids is 2. The summed E-state index contributed by atoms with van der Waals surface area (Å²) < 4.78 is 9.98. The summed E-state index contributed by atoms with van der Waals surface area (Å²) in [7, 11) is 1.58. The van der Waals surface area contributed by atoms with Crippen molar-refractivity contribution in [3.05, 3.63) is 24.2 Å². The Morgan fingerprint density at radius 3 is 2.80 bits per heavy atom. The van der Waals surface area contributed by atoms with E-state index in [-0.39, 0.29) is 17.9 Å². The molecule has 1 saturated heterocycles. The van der Waals surface area contributed by atoms with Crippen LogP contribution in [0.3, 0.4) is 0 Å². The normalized spacial score (nSPS) is 16.1. The number of nitrogens with zero attached hydrogens (tertiary/aromatic N) is 1. The maximum atomic E-state index is 12.1. The second kappa shape index (κ2) is 7.09. The van der Waals surface area contributed by atoms with Crippen LogP contribution in [0.5, 0.6) is 0 Å². The van der Waals surface area contributed by atoms with E-state index in [0.717, 1.165) is 12.8 Å². The molecule has 0 bridgehead atoms.